The van der Waals surface area contributed by atoms with E-state index in [9.17, 15) is 13.2 Å². The first kappa shape index (κ1) is 19.7. The zero-order valence-corrected chi connectivity index (χ0v) is 15.6. The second-order valence-corrected chi connectivity index (χ2v) is 7.13. The van der Waals surface area contributed by atoms with Crippen molar-refractivity contribution >= 4 is 21.6 Å². The van der Waals surface area contributed by atoms with Crippen LogP contribution in [-0.4, -0.2) is 41.1 Å². The molecule has 0 aliphatic carbocycles. The van der Waals surface area contributed by atoms with Gasteiger partial charge in [-0.3, -0.25) is 9.52 Å². The Hall–Kier alpha value is -2.58. The molecule has 2 rings (SSSR count). The van der Waals surface area contributed by atoms with Crippen molar-refractivity contribution in [1.29, 1.82) is 0 Å². The maximum Gasteiger partial charge on any atom is 0.261 e. The minimum absolute atomic E-state index is 0.0816. The number of hydrogen-bond acceptors (Lipinski definition) is 5. The van der Waals surface area contributed by atoms with Crippen LogP contribution in [0.25, 0.3) is 0 Å². The summed E-state index contributed by atoms with van der Waals surface area (Å²) >= 11 is 0. The van der Waals surface area contributed by atoms with E-state index in [0.29, 0.717) is 36.7 Å². The maximum absolute atomic E-state index is 12.5. The topological polar surface area (TPSA) is 96.5 Å². The zero-order valence-electron chi connectivity index (χ0n) is 14.8. The minimum Gasteiger partial charge on any atom is -0.494 e. The van der Waals surface area contributed by atoms with Crippen LogP contribution in [0.1, 0.15) is 17.3 Å². The number of carbonyl (C=O) groups is 1. The van der Waals surface area contributed by atoms with Crippen LogP contribution in [0.4, 0.5) is 5.69 Å². The van der Waals surface area contributed by atoms with E-state index in [0.717, 1.165) is 0 Å². The van der Waals surface area contributed by atoms with E-state index in [-0.39, 0.29) is 10.8 Å². The monoisotopic (exact) mass is 377 g/mol. The molecular formula is C18H23N3O4S. The van der Waals surface area contributed by atoms with E-state index in [1.54, 1.807) is 31.3 Å². The van der Waals surface area contributed by atoms with E-state index in [2.05, 4.69) is 15.4 Å². The van der Waals surface area contributed by atoms with Crippen LogP contribution in [0, 0.1) is 0 Å². The van der Waals surface area contributed by atoms with Gasteiger partial charge in [-0.15, -0.1) is 0 Å². The van der Waals surface area contributed by atoms with Crippen molar-refractivity contribution in [3.8, 4) is 5.75 Å². The highest BCUT2D eigenvalue weighted by Gasteiger charge is 2.15. The van der Waals surface area contributed by atoms with Gasteiger partial charge in [0.15, 0.2) is 0 Å². The molecule has 2 aromatic carbocycles. The van der Waals surface area contributed by atoms with Crippen LogP contribution in [0.3, 0.4) is 0 Å². The smallest absolute Gasteiger partial charge is 0.261 e. The van der Waals surface area contributed by atoms with E-state index >= 15 is 0 Å². The fourth-order valence-electron chi connectivity index (χ4n) is 2.19. The normalized spacial score (nSPS) is 11.0. The lowest BCUT2D eigenvalue weighted by Gasteiger charge is -2.10. The van der Waals surface area contributed by atoms with Crippen molar-refractivity contribution in [2.24, 2.45) is 0 Å². The number of amides is 1. The lowest BCUT2D eigenvalue weighted by molar-refractivity contribution is 0.0954. The van der Waals surface area contributed by atoms with Gasteiger partial charge in [0.2, 0.25) is 0 Å². The summed E-state index contributed by atoms with van der Waals surface area (Å²) in [5.41, 5.74) is 0.837. The Morgan fingerprint density at radius 1 is 1.00 bits per heavy atom. The predicted octanol–water partition coefficient (Wildman–Crippen LogP) is 1.84. The molecule has 0 radical (unpaired) electrons. The van der Waals surface area contributed by atoms with Gasteiger partial charge in [-0.1, -0.05) is 0 Å². The third kappa shape index (κ3) is 5.47. The summed E-state index contributed by atoms with van der Waals surface area (Å²) in [6, 6.07) is 12.4. The lowest BCUT2D eigenvalue weighted by atomic mass is 10.2. The molecule has 26 heavy (non-hydrogen) atoms. The van der Waals surface area contributed by atoms with E-state index < -0.39 is 10.0 Å². The Kier molecular flexibility index (Phi) is 6.99. The number of sulfonamides is 1. The molecule has 1 amide bonds. The number of benzene rings is 2. The Balaban J connectivity index is 2.05. The Labute approximate surface area is 153 Å². The van der Waals surface area contributed by atoms with Gasteiger partial charge in [-0.25, -0.2) is 8.42 Å². The summed E-state index contributed by atoms with van der Waals surface area (Å²) in [5, 5.41) is 5.66. The first-order valence-electron chi connectivity index (χ1n) is 8.25. The Morgan fingerprint density at radius 3 is 2.23 bits per heavy atom. The van der Waals surface area contributed by atoms with Gasteiger partial charge >= 0.3 is 0 Å². The molecule has 0 aliphatic heterocycles. The highest BCUT2D eigenvalue weighted by Crippen LogP contribution is 2.20. The quantitative estimate of drug-likeness (QED) is 0.580. The first-order valence-corrected chi connectivity index (χ1v) is 9.73. The number of carbonyl (C=O) groups excluding carboxylic acids is 1. The van der Waals surface area contributed by atoms with Gasteiger partial charge in [0, 0.05) is 24.3 Å². The second kappa shape index (κ2) is 9.21. The van der Waals surface area contributed by atoms with E-state index in [1.807, 2.05) is 6.92 Å². The molecule has 0 fully saturated rings. The third-order valence-electron chi connectivity index (χ3n) is 3.50. The summed E-state index contributed by atoms with van der Waals surface area (Å²) in [5.74, 6) is 0.424. The summed E-state index contributed by atoms with van der Waals surface area (Å²) in [6.45, 7) is 3.57. The standard InChI is InChI=1S/C18H23N3O4S/c1-3-25-16-8-6-15(7-9-16)21-26(23,24)17-10-4-14(5-11-17)18(22)20-13-12-19-2/h4-11,19,21H,3,12-13H2,1-2H3,(H,20,22). The molecule has 0 saturated heterocycles. The van der Waals surface area contributed by atoms with Crippen LogP contribution < -0.4 is 20.1 Å². The van der Waals surface area contributed by atoms with Gasteiger partial charge in [-0.05, 0) is 62.5 Å². The van der Waals surface area contributed by atoms with Crippen LogP contribution in [0.15, 0.2) is 53.4 Å². The molecule has 2 aromatic rings. The summed E-state index contributed by atoms with van der Waals surface area (Å²) in [6.07, 6.45) is 0. The van der Waals surface area contributed by atoms with Gasteiger partial charge < -0.3 is 15.4 Å². The molecule has 0 bridgehead atoms. The van der Waals surface area contributed by atoms with Crippen LogP contribution in [0.2, 0.25) is 0 Å². The number of hydrogen-bond donors (Lipinski definition) is 3. The lowest BCUT2D eigenvalue weighted by Crippen LogP contribution is -2.30. The summed E-state index contributed by atoms with van der Waals surface area (Å²) < 4.78 is 32.7. The highest BCUT2D eigenvalue weighted by molar-refractivity contribution is 7.92. The number of rotatable bonds is 9. The van der Waals surface area contributed by atoms with Crippen molar-refractivity contribution in [3.63, 3.8) is 0 Å². The van der Waals surface area contributed by atoms with Gasteiger partial charge in [-0.2, -0.15) is 0 Å². The number of ether oxygens (including phenoxy) is 1. The molecule has 0 atom stereocenters. The van der Waals surface area contributed by atoms with Crippen molar-refractivity contribution < 1.29 is 17.9 Å². The molecule has 0 aromatic heterocycles. The Morgan fingerprint density at radius 2 is 1.65 bits per heavy atom. The van der Waals surface area contributed by atoms with Crippen molar-refractivity contribution in [3.05, 3.63) is 54.1 Å². The van der Waals surface area contributed by atoms with Gasteiger partial charge in [0.25, 0.3) is 15.9 Å². The maximum atomic E-state index is 12.5. The largest absolute Gasteiger partial charge is 0.494 e. The molecule has 0 unspecified atom stereocenters. The zero-order chi connectivity index (χ0) is 19.0. The van der Waals surface area contributed by atoms with E-state index in [4.69, 9.17) is 4.74 Å². The van der Waals surface area contributed by atoms with Crippen LogP contribution in [0.5, 0.6) is 5.75 Å². The van der Waals surface area contributed by atoms with Crippen molar-refractivity contribution in [2.45, 2.75) is 11.8 Å². The molecule has 0 saturated carbocycles. The minimum atomic E-state index is -3.73. The fourth-order valence-corrected chi connectivity index (χ4v) is 3.25. The number of likely N-dealkylation sites (N-methyl/N-ethyl adjacent to an activating group) is 1. The number of nitrogens with one attached hydrogen (secondary N) is 3. The fraction of sp³-hybridized carbons (Fsp3) is 0.278. The third-order valence-corrected chi connectivity index (χ3v) is 4.90. The molecule has 8 heteroatoms. The average molecular weight is 377 g/mol. The molecule has 140 valence electrons. The summed E-state index contributed by atoms with van der Waals surface area (Å²) in [7, 11) is -1.94. The number of anilines is 1. The molecule has 0 heterocycles. The highest BCUT2D eigenvalue weighted by atomic mass is 32.2. The van der Waals surface area contributed by atoms with Crippen LogP contribution in [-0.2, 0) is 10.0 Å². The van der Waals surface area contributed by atoms with E-state index in [1.165, 1.54) is 24.3 Å². The summed E-state index contributed by atoms with van der Waals surface area (Å²) in [4.78, 5) is 12.0. The average Bonchev–Trinajstić information content (AvgIpc) is 2.63. The van der Waals surface area contributed by atoms with Crippen molar-refractivity contribution in [2.75, 3.05) is 31.5 Å². The molecule has 3 N–H and O–H groups in total. The van der Waals surface area contributed by atoms with Gasteiger partial charge in [0.05, 0.1) is 11.5 Å². The molecule has 7 nitrogen and oxygen atoms in total. The molecular weight excluding hydrogens is 354 g/mol. The predicted molar refractivity (Wildman–Crippen MR) is 101 cm³/mol. The van der Waals surface area contributed by atoms with Gasteiger partial charge in [0.1, 0.15) is 5.75 Å². The van der Waals surface area contributed by atoms with Crippen LogP contribution >= 0.6 is 0 Å². The first-order chi connectivity index (χ1) is 12.5. The Bertz CT molecular complexity index is 819. The molecule has 0 spiro atoms. The molecule has 0 aliphatic rings. The second-order valence-electron chi connectivity index (χ2n) is 5.45. The van der Waals surface area contributed by atoms with Crippen molar-refractivity contribution in [1.82, 2.24) is 10.6 Å². The SMILES string of the molecule is CCOc1ccc(NS(=O)(=O)c2ccc(C(=O)NCCNC)cc2)cc1.